The first-order chi connectivity index (χ1) is 11.1. The number of amides is 1. The van der Waals surface area contributed by atoms with Gasteiger partial charge in [-0.15, -0.1) is 0 Å². The lowest BCUT2D eigenvalue weighted by Gasteiger charge is -2.29. The average Bonchev–Trinajstić information content (AvgIpc) is 2.57. The molecular weight excluding hydrogens is 308 g/mol. The molecule has 0 unspecified atom stereocenters. The molecule has 4 heteroatoms. The summed E-state index contributed by atoms with van der Waals surface area (Å²) >= 11 is 6.01. The number of nitrogens with zero attached hydrogens (tertiary/aromatic N) is 1. The van der Waals surface area contributed by atoms with Crippen molar-refractivity contribution in [2.75, 3.05) is 18.4 Å². The van der Waals surface area contributed by atoms with Gasteiger partial charge in [0.1, 0.15) is 0 Å². The molecule has 1 heterocycles. The van der Waals surface area contributed by atoms with E-state index in [2.05, 4.69) is 23.5 Å². The lowest BCUT2D eigenvalue weighted by Crippen LogP contribution is -2.36. The number of carbonyl (C=O) groups is 1. The van der Waals surface area contributed by atoms with Crippen LogP contribution in [0.25, 0.3) is 0 Å². The van der Waals surface area contributed by atoms with E-state index < -0.39 is 0 Å². The van der Waals surface area contributed by atoms with Crippen LogP contribution in [-0.4, -0.2) is 23.9 Å². The molecule has 0 spiro atoms. The van der Waals surface area contributed by atoms with Gasteiger partial charge in [-0.1, -0.05) is 41.9 Å². The monoisotopic (exact) mass is 328 g/mol. The molecule has 0 radical (unpaired) electrons. The third kappa shape index (κ3) is 3.85. The summed E-state index contributed by atoms with van der Waals surface area (Å²) in [6.45, 7) is 4.19. The summed E-state index contributed by atoms with van der Waals surface area (Å²) in [4.78, 5) is 14.4. The maximum atomic E-state index is 12.4. The van der Waals surface area contributed by atoms with Crippen molar-refractivity contribution in [3.63, 3.8) is 0 Å². The highest BCUT2D eigenvalue weighted by atomic mass is 35.5. The Bertz CT molecular complexity index is 714. The van der Waals surface area contributed by atoms with Gasteiger partial charge in [0, 0.05) is 36.8 Å². The summed E-state index contributed by atoms with van der Waals surface area (Å²) in [5, 5.41) is 4.02. The van der Waals surface area contributed by atoms with Gasteiger partial charge in [-0.2, -0.15) is 0 Å². The predicted octanol–water partition coefficient (Wildman–Crippen LogP) is 4.04. The summed E-state index contributed by atoms with van der Waals surface area (Å²) in [5.41, 5.74) is 4.76. The Morgan fingerprint density at radius 1 is 1.22 bits per heavy atom. The molecule has 1 N–H and O–H groups in total. The molecule has 120 valence electrons. The van der Waals surface area contributed by atoms with Crippen LogP contribution >= 0.6 is 11.6 Å². The zero-order chi connectivity index (χ0) is 16.2. The third-order valence-electron chi connectivity index (χ3n) is 4.34. The van der Waals surface area contributed by atoms with Crippen LogP contribution in [0.4, 0.5) is 5.69 Å². The van der Waals surface area contributed by atoms with Crippen LogP contribution in [0.3, 0.4) is 0 Å². The fraction of sp³-hybridized carbons (Fsp3) is 0.316. The van der Waals surface area contributed by atoms with Crippen LogP contribution in [0.15, 0.2) is 42.5 Å². The van der Waals surface area contributed by atoms with Gasteiger partial charge in [-0.25, -0.2) is 0 Å². The summed E-state index contributed by atoms with van der Waals surface area (Å²) in [5.74, 6) is 0.201. The van der Waals surface area contributed by atoms with Crippen molar-refractivity contribution in [3.05, 3.63) is 64.2 Å². The minimum Gasteiger partial charge on any atom is -0.384 e. The van der Waals surface area contributed by atoms with Crippen LogP contribution < -0.4 is 5.32 Å². The SMILES string of the molecule is Cc1ccc(Cl)cc1NCCC(=O)N1CCc2ccccc2C1. The van der Waals surface area contributed by atoms with E-state index in [1.54, 1.807) is 0 Å². The van der Waals surface area contributed by atoms with E-state index >= 15 is 0 Å². The fourth-order valence-corrected chi connectivity index (χ4v) is 3.13. The van der Waals surface area contributed by atoms with Crippen molar-refractivity contribution >= 4 is 23.2 Å². The van der Waals surface area contributed by atoms with Crippen LogP contribution in [0.5, 0.6) is 0 Å². The highest BCUT2D eigenvalue weighted by Gasteiger charge is 2.19. The van der Waals surface area contributed by atoms with E-state index in [-0.39, 0.29) is 5.91 Å². The van der Waals surface area contributed by atoms with E-state index in [1.165, 1.54) is 11.1 Å². The van der Waals surface area contributed by atoms with Crippen LogP contribution in [0.1, 0.15) is 23.1 Å². The highest BCUT2D eigenvalue weighted by molar-refractivity contribution is 6.30. The molecule has 0 aliphatic carbocycles. The standard InChI is InChI=1S/C19H21ClN2O/c1-14-6-7-17(20)12-18(14)21-10-8-19(23)22-11-9-15-4-2-3-5-16(15)13-22/h2-7,12,21H,8-11,13H2,1H3. The Morgan fingerprint density at radius 3 is 2.83 bits per heavy atom. The van der Waals surface area contributed by atoms with Gasteiger partial charge in [0.05, 0.1) is 0 Å². The van der Waals surface area contributed by atoms with E-state index in [9.17, 15) is 4.79 Å². The second-order valence-electron chi connectivity index (χ2n) is 5.97. The summed E-state index contributed by atoms with van der Waals surface area (Å²) in [6.07, 6.45) is 1.44. The number of aryl methyl sites for hydroxylation is 1. The van der Waals surface area contributed by atoms with E-state index in [4.69, 9.17) is 11.6 Å². The second kappa shape index (κ2) is 7.05. The molecule has 1 aliphatic heterocycles. The number of fused-ring (bicyclic) bond motifs is 1. The van der Waals surface area contributed by atoms with Gasteiger partial charge >= 0.3 is 0 Å². The van der Waals surface area contributed by atoms with E-state index in [1.807, 2.05) is 36.1 Å². The molecule has 1 amide bonds. The van der Waals surface area contributed by atoms with Crippen LogP contribution in [-0.2, 0) is 17.8 Å². The number of nitrogens with one attached hydrogen (secondary N) is 1. The summed E-state index contributed by atoms with van der Waals surface area (Å²) in [7, 11) is 0. The lowest BCUT2D eigenvalue weighted by atomic mass is 10.00. The zero-order valence-corrected chi connectivity index (χ0v) is 14.1. The minimum atomic E-state index is 0.201. The largest absolute Gasteiger partial charge is 0.384 e. The maximum absolute atomic E-state index is 12.4. The predicted molar refractivity (Wildman–Crippen MR) is 94.9 cm³/mol. The zero-order valence-electron chi connectivity index (χ0n) is 13.3. The first-order valence-corrected chi connectivity index (χ1v) is 8.36. The Balaban J connectivity index is 1.53. The van der Waals surface area contributed by atoms with Crippen molar-refractivity contribution in [2.45, 2.75) is 26.3 Å². The van der Waals surface area contributed by atoms with Gasteiger partial charge in [-0.3, -0.25) is 4.79 Å². The normalized spacial score (nSPS) is 13.6. The van der Waals surface area contributed by atoms with Crippen molar-refractivity contribution in [2.24, 2.45) is 0 Å². The van der Waals surface area contributed by atoms with Gasteiger partial charge in [-0.05, 0) is 42.2 Å². The highest BCUT2D eigenvalue weighted by Crippen LogP contribution is 2.21. The van der Waals surface area contributed by atoms with Crippen LogP contribution in [0, 0.1) is 6.92 Å². The topological polar surface area (TPSA) is 32.3 Å². The number of rotatable bonds is 4. The molecule has 3 rings (SSSR count). The van der Waals surface area contributed by atoms with Gasteiger partial charge in [0.25, 0.3) is 0 Å². The molecular formula is C19H21ClN2O. The molecule has 0 saturated carbocycles. The molecule has 0 saturated heterocycles. The first kappa shape index (κ1) is 15.9. The first-order valence-electron chi connectivity index (χ1n) is 7.98. The number of carbonyl (C=O) groups excluding carboxylic acids is 1. The molecule has 23 heavy (non-hydrogen) atoms. The van der Waals surface area contributed by atoms with Gasteiger partial charge < -0.3 is 10.2 Å². The van der Waals surface area contributed by atoms with Crippen molar-refractivity contribution in [1.82, 2.24) is 4.90 Å². The molecule has 2 aromatic carbocycles. The molecule has 0 atom stereocenters. The maximum Gasteiger partial charge on any atom is 0.224 e. The van der Waals surface area contributed by atoms with Crippen LogP contribution in [0.2, 0.25) is 5.02 Å². The lowest BCUT2D eigenvalue weighted by molar-refractivity contribution is -0.131. The Morgan fingerprint density at radius 2 is 2.00 bits per heavy atom. The molecule has 0 aromatic heterocycles. The smallest absolute Gasteiger partial charge is 0.224 e. The van der Waals surface area contributed by atoms with Gasteiger partial charge in [0.15, 0.2) is 0 Å². The molecule has 3 nitrogen and oxygen atoms in total. The number of hydrogen-bond acceptors (Lipinski definition) is 2. The molecule has 2 aromatic rings. The molecule has 0 fully saturated rings. The van der Waals surface area contributed by atoms with Gasteiger partial charge in [0.2, 0.25) is 5.91 Å². The summed E-state index contributed by atoms with van der Waals surface area (Å²) in [6, 6.07) is 14.1. The third-order valence-corrected chi connectivity index (χ3v) is 4.57. The van der Waals surface area contributed by atoms with E-state index in [0.29, 0.717) is 18.0 Å². The molecule has 1 aliphatic rings. The number of benzene rings is 2. The van der Waals surface area contributed by atoms with E-state index in [0.717, 1.165) is 30.8 Å². The molecule has 0 bridgehead atoms. The fourth-order valence-electron chi connectivity index (χ4n) is 2.96. The second-order valence-corrected chi connectivity index (χ2v) is 6.41. The summed E-state index contributed by atoms with van der Waals surface area (Å²) < 4.78 is 0. The average molecular weight is 329 g/mol. The van der Waals surface area contributed by atoms with Crippen molar-refractivity contribution in [1.29, 1.82) is 0 Å². The van der Waals surface area contributed by atoms with Crippen molar-refractivity contribution < 1.29 is 4.79 Å². The van der Waals surface area contributed by atoms with Crippen molar-refractivity contribution in [3.8, 4) is 0 Å². The Hall–Kier alpha value is -2.00. The number of anilines is 1. The number of halogens is 1. The minimum absolute atomic E-state index is 0.201. The Labute approximate surface area is 142 Å². The Kier molecular flexibility index (Phi) is 4.87. The number of hydrogen-bond donors (Lipinski definition) is 1. The quantitative estimate of drug-likeness (QED) is 0.918.